The molecule has 6 nitrogen and oxygen atoms in total. The number of hydrogen-bond donors (Lipinski definition) is 2. The van der Waals surface area contributed by atoms with E-state index in [2.05, 4.69) is 20.6 Å². The lowest BCUT2D eigenvalue weighted by atomic mass is 10.1. The summed E-state index contributed by atoms with van der Waals surface area (Å²) in [4.78, 5) is 20.9. The Morgan fingerprint density at radius 3 is 2.69 bits per heavy atom. The largest absolute Gasteiger partial charge is 0.434 e. The van der Waals surface area contributed by atoms with Crippen LogP contribution < -0.4 is 10.6 Å². The Labute approximate surface area is 173 Å². The topological polar surface area (TPSA) is 80.0 Å². The second kappa shape index (κ2) is 7.81. The zero-order valence-electron chi connectivity index (χ0n) is 15.9. The first-order chi connectivity index (χ1) is 14.0. The van der Waals surface area contributed by atoms with Crippen molar-refractivity contribution < 1.29 is 9.21 Å². The highest BCUT2D eigenvalue weighted by Gasteiger charge is 2.12. The van der Waals surface area contributed by atoms with Crippen LogP contribution in [0.15, 0.2) is 65.2 Å². The van der Waals surface area contributed by atoms with E-state index in [4.69, 9.17) is 16.6 Å². The van der Waals surface area contributed by atoms with E-state index in [0.29, 0.717) is 22.7 Å². The molecule has 0 unspecified atom stereocenters. The molecule has 2 aromatic heterocycles. The van der Waals surface area contributed by atoms with Crippen LogP contribution in [0, 0.1) is 13.8 Å². The van der Waals surface area contributed by atoms with Gasteiger partial charge < -0.3 is 9.73 Å². The Morgan fingerprint density at radius 1 is 1.07 bits per heavy atom. The van der Waals surface area contributed by atoms with Gasteiger partial charge in [-0.25, -0.2) is 4.98 Å². The molecule has 144 valence electrons. The summed E-state index contributed by atoms with van der Waals surface area (Å²) in [6.07, 6.45) is 1.68. The van der Waals surface area contributed by atoms with Gasteiger partial charge in [-0.2, -0.15) is 4.98 Å². The van der Waals surface area contributed by atoms with Crippen molar-refractivity contribution in [1.29, 1.82) is 0 Å². The van der Waals surface area contributed by atoms with Crippen molar-refractivity contribution in [3.63, 3.8) is 0 Å². The Balaban J connectivity index is 1.48. The first kappa shape index (κ1) is 18.8. The molecule has 0 aliphatic rings. The van der Waals surface area contributed by atoms with Gasteiger partial charge in [0.15, 0.2) is 16.3 Å². The van der Waals surface area contributed by atoms with E-state index in [1.807, 2.05) is 62.4 Å². The number of hydrogen-bond acceptors (Lipinski definition) is 5. The predicted molar refractivity (Wildman–Crippen MR) is 117 cm³/mol. The van der Waals surface area contributed by atoms with Crippen molar-refractivity contribution in [2.75, 3.05) is 5.32 Å². The van der Waals surface area contributed by atoms with E-state index < -0.39 is 0 Å². The van der Waals surface area contributed by atoms with Crippen LogP contribution in [0.5, 0.6) is 0 Å². The van der Waals surface area contributed by atoms with Gasteiger partial charge in [0.05, 0.1) is 0 Å². The van der Waals surface area contributed by atoms with E-state index in [9.17, 15) is 4.79 Å². The van der Waals surface area contributed by atoms with Crippen LogP contribution in [0.25, 0.3) is 22.7 Å². The molecule has 0 fully saturated rings. The minimum atomic E-state index is -0.251. The average Bonchev–Trinajstić information content (AvgIpc) is 3.13. The standard InChI is InChI=1S/C22H18N4O2S/c1-13-5-3-6-15(11-13)20(27)26-22(29)24-17-9-8-16(12-14(17)2)21-25-19-18(28-21)7-4-10-23-19/h3-12H,1-2H3,(H2,24,26,27,29). The van der Waals surface area contributed by atoms with E-state index >= 15 is 0 Å². The van der Waals surface area contributed by atoms with Gasteiger partial charge >= 0.3 is 0 Å². The third kappa shape index (κ3) is 4.14. The minimum Gasteiger partial charge on any atom is -0.434 e. The molecule has 7 heteroatoms. The fourth-order valence-corrected chi connectivity index (χ4v) is 3.15. The Morgan fingerprint density at radius 2 is 1.93 bits per heavy atom. The van der Waals surface area contributed by atoms with Crippen molar-refractivity contribution in [2.24, 2.45) is 0 Å². The molecule has 0 radical (unpaired) electrons. The molecule has 0 spiro atoms. The van der Waals surface area contributed by atoms with Gasteiger partial charge in [0, 0.05) is 23.0 Å². The molecule has 2 aromatic carbocycles. The molecule has 1 amide bonds. The van der Waals surface area contributed by atoms with Crippen molar-refractivity contribution in [2.45, 2.75) is 13.8 Å². The molecule has 2 heterocycles. The molecule has 29 heavy (non-hydrogen) atoms. The van der Waals surface area contributed by atoms with E-state index in [1.165, 1.54) is 0 Å². The molecule has 0 aliphatic carbocycles. The zero-order valence-corrected chi connectivity index (χ0v) is 16.7. The Hall–Kier alpha value is -3.58. The zero-order chi connectivity index (χ0) is 20.4. The number of benzene rings is 2. The van der Waals surface area contributed by atoms with E-state index in [-0.39, 0.29) is 11.0 Å². The van der Waals surface area contributed by atoms with Crippen LogP contribution in [-0.4, -0.2) is 21.0 Å². The smallest absolute Gasteiger partial charge is 0.257 e. The quantitative estimate of drug-likeness (QED) is 0.486. The molecule has 4 aromatic rings. The number of anilines is 1. The maximum Gasteiger partial charge on any atom is 0.257 e. The number of aryl methyl sites for hydroxylation is 2. The molecular weight excluding hydrogens is 384 g/mol. The van der Waals surface area contributed by atoms with Crippen molar-refractivity contribution in [3.05, 3.63) is 77.5 Å². The lowest BCUT2D eigenvalue weighted by molar-refractivity contribution is 0.0977. The highest BCUT2D eigenvalue weighted by Crippen LogP contribution is 2.26. The summed E-state index contributed by atoms with van der Waals surface area (Å²) in [6, 6.07) is 16.7. The van der Waals surface area contributed by atoms with E-state index in [1.54, 1.807) is 12.3 Å². The van der Waals surface area contributed by atoms with Gasteiger partial charge in [0.1, 0.15) is 0 Å². The third-order valence-corrected chi connectivity index (χ3v) is 4.60. The second-order valence-electron chi connectivity index (χ2n) is 6.65. The summed E-state index contributed by atoms with van der Waals surface area (Å²) in [6.45, 7) is 3.88. The number of pyridine rings is 1. The number of amides is 1. The van der Waals surface area contributed by atoms with Gasteiger partial charge in [-0.05, 0) is 74.1 Å². The fraction of sp³-hybridized carbons (Fsp3) is 0.0909. The number of oxazole rings is 1. The Kier molecular flexibility index (Phi) is 5.05. The number of carbonyl (C=O) groups is 1. The molecule has 0 aliphatic heterocycles. The summed E-state index contributed by atoms with van der Waals surface area (Å²) in [5.74, 6) is 0.253. The van der Waals surface area contributed by atoms with Gasteiger partial charge in [0.25, 0.3) is 5.91 Å². The van der Waals surface area contributed by atoms with Crippen LogP contribution in [0.4, 0.5) is 5.69 Å². The van der Waals surface area contributed by atoms with Gasteiger partial charge in [-0.1, -0.05) is 17.7 Å². The summed E-state index contributed by atoms with van der Waals surface area (Å²) in [7, 11) is 0. The highest BCUT2D eigenvalue weighted by atomic mass is 32.1. The van der Waals surface area contributed by atoms with Gasteiger partial charge in [0.2, 0.25) is 5.89 Å². The average molecular weight is 402 g/mol. The first-order valence-electron chi connectivity index (χ1n) is 9.01. The minimum absolute atomic E-state index is 0.235. The highest BCUT2D eigenvalue weighted by molar-refractivity contribution is 7.80. The number of nitrogens with one attached hydrogen (secondary N) is 2. The lowest BCUT2D eigenvalue weighted by Crippen LogP contribution is -2.34. The fourth-order valence-electron chi connectivity index (χ4n) is 2.94. The summed E-state index contributed by atoms with van der Waals surface area (Å²) in [5, 5.41) is 6.01. The number of rotatable bonds is 3. The maximum absolute atomic E-state index is 12.3. The molecule has 4 rings (SSSR count). The lowest BCUT2D eigenvalue weighted by Gasteiger charge is -2.12. The van der Waals surface area contributed by atoms with Crippen molar-refractivity contribution in [3.8, 4) is 11.5 Å². The SMILES string of the molecule is Cc1cccc(C(=O)NC(=S)Nc2ccc(-c3nc4ncccc4o3)cc2C)c1. The second-order valence-corrected chi connectivity index (χ2v) is 7.06. The van der Waals surface area contributed by atoms with Gasteiger partial charge in [-0.15, -0.1) is 0 Å². The number of thiocarbonyl (C=S) groups is 1. The molecule has 0 saturated heterocycles. The van der Waals surface area contributed by atoms with Crippen LogP contribution in [0.3, 0.4) is 0 Å². The normalized spacial score (nSPS) is 10.7. The number of fused-ring (bicyclic) bond motifs is 1. The van der Waals surface area contributed by atoms with Crippen LogP contribution in [0.2, 0.25) is 0 Å². The third-order valence-electron chi connectivity index (χ3n) is 4.39. The molecule has 2 N–H and O–H groups in total. The number of aromatic nitrogens is 2. The van der Waals surface area contributed by atoms with Gasteiger partial charge in [-0.3, -0.25) is 10.1 Å². The Bertz CT molecular complexity index is 1200. The molecule has 0 saturated carbocycles. The van der Waals surface area contributed by atoms with Crippen LogP contribution in [0.1, 0.15) is 21.5 Å². The van der Waals surface area contributed by atoms with Crippen LogP contribution in [-0.2, 0) is 0 Å². The number of carbonyl (C=O) groups excluding carboxylic acids is 1. The predicted octanol–water partition coefficient (Wildman–Crippen LogP) is 4.63. The first-order valence-corrected chi connectivity index (χ1v) is 9.42. The van der Waals surface area contributed by atoms with Crippen molar-refractivity contribution >= 4 is 40.2 Å². The maximum atomic E-state index is 12.3. The summed E-state index contributed by atoms with van der Waals surface area (Å²) < 4.78 is 5.76. The monoisotopic (exact) mass is 402 g/mol. The van der Waals surface area contributed by atoms with E-state index in [0.717, 1.165) is 22.4 Å². The molecular formula is C22H18N4O2S. The molecule has 0 bridgehead atoms. The number of nitrogens with zero attached hydrogens (tertiary/aromatic N) is 2. The van der Waals surface area contributed by atoms with Crippen LogP contribution >= 0.6 is 12.2 Å². The van der Waals surface area contributed by atoms with Crippen molar-refractivity contribution in [1.82, 2.24) is 15.3 Å². The summed E-state index contributed by atoms with van der Waals surface area (Å²) >= 11 is 5.29. The summed E-state index contributed by atoms with van der Waals surface area (Å²) in [5.41, 5.74) is 5.34. The molecule has 0 atom stereocenters.